The summed E-state index contributed by atoms with van der Waals surface area (Å²) in [7, 11) is 0. The van der Waals surface area contributed by atoms with Crippen molar-refractivity contribution in [2.75, 3.05) is 13.1 Å². The van der Waals surface area contributed by atoms with E-state index in [1.165, 1.54) is 0 Å². The molecule has 19 heavy (non-hydrogen) atoms. The number of carbonyl (C=O) groups is 1. The molecule has 0 aliphatic rings. The zero-order valence-corrected chi connectivity index (χ0v) is 12.0. The lowest BCUT2D eigenvalue weighted by Gasteiger charge is -2.16. The van der Waals surface area contributed by atoms with Crippen LogP contribution >= 0.6 is 0 Å². The van der Waals surface area contributed by atoms with Crippen molar-refractivity contribution < 1.29 is 4.79 Å². The van der Waals surface area contributed by atoms with Gasteiger partial charge in [-0.3, -0.25) is 9.78 Å². The number of aromatic nitrogens is 1. The standard InChI is InChI=1S/C15H25N3O/c1-3-5-9-17-15(19)12-18-13(4-2)11-14-8-6-7-10-16-14/h6-8,10,13,18H,3-5,9,11-12H2,1-2H3,(H,17,19). The molecule has 0 aromatic carbocycles. The van der Waals surface area contributed by atoms with Crippen molar-refractivity contribution in [1.29, 1.82) is 0 Å². The predicted molar refractivity (Wildman–Crippen MR) is 77.9 cm³/mol. The lowest BCUT2D eigenvalue weighted by molar-refractivity contribution is -0.120. The maximum Gasteiger partial charge on any atom is 0.233 e. The van der Waals surface area contributed by atoms with Crippen LogP contribution in [0.3, 0.4) is 0 Å². The van der Waals surface area contributed by atoms with Gasteiger partial charge in [0.15, 0.2) is 0 Å². The van der Waals surface area contributed by atoms with Crippen LogP contribution in [0, 0.1) is 0 Å². The van der Waals surface area contributed by atoms with E-state index in [2.05, 4.69) is 29.5 Å². The van der Waals surface area contributed by atoms with Gasteiger partial charge in [-0.25, -0.2) is 0 Å². The van der Waals surface area contributed by atoms with Gasteiger partial charge in [-0.05, 0) is 25.0 Å². The summed E-state index contributed by atoms with van der Waals surface area (Å²) in [5, 5.41) is 6.20. The molecule has 0 fully saturated rings. The van der Waals surface area contributed by atoms with Gasteiger partial charge in [0, 0.05) is 30.9 Å². The fraction of sp³-hybridized carbons (Fsp3) is 0.600. The summed E-state index contributed by atoms with van der Waals surface area (Å²) < 4.78 is 0. The fourth-order valence-corrected chi connectivity index (χ4v) is 1.84. The topological polar surface area (TPSA) is 54.0 Å². The van der Waals surface area contributed by atoms with Gasteiger partial charge in [-0.1, -0.05) is 26.3 Å². The van der Waals surface area contributed by atoms with Crippen molar-refractivity contribution in [2.24, 2.45) is 0 Å². The summed E-state index contributed by atoms with van der Waals surface area (Å²) in [6.45, 7) is 5.39. The Morgan fingerprint density at radius 1 is 1.37 bits per heavy atom. The molecule has 4 nitrogen and oxygen atoms in total. The summed E-state index contributed by atoms with van der Waals surface area (Å²) >= 11 is 0. The van der Waals surface area contributed by atoms with Gasteiger partial charge in [-0.15, -0.1) is 0 Å². The molecule has 0 spiro atoms. The van der Waals surface area contributed by atoms with Gasteiger partial charge in [-0.2, -0.15) is 0 Å². The molecule has 1 unspecified atom stereocenters. The van der Waals surface area contributed by atoms with E-state index >= 15 is 0 Å². The molecule has 0 saturated heterocycles. The van der Waals surface area contributed by atoms with E-state index in [0.717, 1.165) is 37.9 Å². The molecule has 1 atom stereocenters. The summed E-state index contributed by atoms with van der Waals surface area (Å²) in [5.74, 6) is 0.0768. The molecule has 1 rings (SSSR count). The Balaban J connectivity index is 2.27. The maximum absolute atomic E-state index is 11.6. The van der Waals surface area contributed by atoms with Gasteiger partial charge in [0.2, 0.25) is 5.91 Å². The third kappa shape index (κ3) is 6.91. The van der Waals surface area contributed by atoms with Crippen LogP contribution in [0.15, 0.2) is 24.4 Å². The first-order valence-corrected chi connectivity index (χ1v) is 7.16. The van der Waals surface area contributed by atoms with Crippen LogP contribution in [0.2, 0.25) is 0 Å². The van der Waals surface area contributed by atoms with Crippen LogP contribution in [0.5, 0.6) is 0 Å². The SMILES string of the molecule is CCCCNC(=O)CNC(CC)Cc1ccccn1. The minimum absolute atomic E-state index is 0.0768. The Hall–Kier alpha value is -1.42. The zero-order chi connectivity index (χ0) is 13.9. The number of rotatable bonds is 9. The van der Waals surface area contributed by atoms with Crippen LogP contribution < -0.4 is 10.6 Å². The number of carbonyl (C=O) groups excluding carboxylic acids is 1. The number of hydrogen-bond donors (Lipinski definition) is 2. The van der Waals surface area contributed by atoms with E-state index in [1.54, 1.807) is 6.20 Å². The minimum atomic E-state index is 0.0768. The summed E-state index contributed by atoms with van der Waals surface area (Å²) in [6.07, 6.45) is 5.79. The van der Waals surface area contributed by atoms with E-state index in [1.807, 2.05) is 18.2 Å². The van der Waals surface area contributed by atoms with Crippen molar-refractivity contribution in [3.63, 3.8) is 0 Å². The second-order valence-corrected chi connectivity index (χ2v) is 4.71. The molecule has 2 N–H and O–H groups in total. The molecular formula is C15H25N3O. The first kappa shape index (κ1) is 15.6. The average Bonchev–Trinajstić information content (AvgIpc) is 2.45. The van der Waals surface area contributed by atoms with Crippen molar-refractivity contribution in [2.45, 2.75) is 45.6 Å². The third-order valence-corrected chi connectivity index (χ3v) is 3.08. The van der Waals surface area contributed by atoms with Gasteiger partial charge >= 0.3 is 0 Å². The normalized spacial score (nSPS) is 12.1. The van der Waals surface area contributed by atoms with Crippen LogP contribution in [0.25, 0.3) is 0 Å². The molecule has 0 aliphatic heterocycles. The average molecular weight is 263 g/mol. The van der Waals surface area contributed by atoms with Crippen molar-refractivity contribution >= 4 is 5.91 Å². The molecule has 0 bridgehead atoms. The van der Waals surface area contributed by atoms with Gasteiger partial charge in [0.1, 0.15) is 0 Å². The van der Waals surface area contributed by atoms with Crippen LogP contribution in [-0.4, -0.2) is 30.0 Å². The highest BCUT2D eigenvalue weighted by molar-refractivity contribution is 5.77. The van der Waals surface area contributed by atoms with Crippen LogP contribution in [-0.2, 0) is 11.2 Å². The van der Waals surface area contributed by atoms with Crippen LogP contribution in [0.4, 0.5) is 0 Å². The molecule has 4 heteroatoms. The number of nitrogens with zero attached hydrogens (tertiary/aromatic N) is 1. The van der Waals surface area contributed by atoms with Crippen LogP contribution in [0.1, 0.15) is 38.8 Å². The van der Waals surface area contributed by atoms with E-state index < -0.39 is 0 Å². The van der Waals surface area contributed by atoms with Gasteiger partial charge in [0.25, 0.3) is 0 Å². The first-order valence-electron chi connectivity index (χ1n) is 7.16. The number of nitrogens with one attached hydrogen (secondary N) is 2. The summed E-state index contributed by atoms with van der Waals surface area (Å²) in [4.78, 5) is 15.9. The summed E-state index contributed by atoms with van der Waals surface area (Å²) in [6, 6.07) is 6.23. The largest absolute Gasteiger partial charge is 0.355 e. The number of hydrogen-bond acceptors (Lipinski definition) is 3. The Morgan fingerprint density at radius 3 is 2.84 bits per heavy atom. The number of amides is 1. The quantitative estimate of drug-likeness (QED) is 0.669. The molecule has 1 aromatic rings. The van der Waals surface area contributed by atoms with Gasteiger partial charge < -0.3 is 10.6 Å². The lowest BCUT2D eigenvalue weighted by Crippen LogP contribution is -2.40. The minimum Gasteiger partial charge on any atom is -0.355 e. The first-order chi connectivity index (χ1) is 9.26. The molecule has 0 aliphatic carbocycles. The van der Waals surface area contributed by atoms with Gasteiger partial charge in [0.05, 0.1) is 6.54 Å². The highest BCUT2D eigenvalue weighted by Gasteiger charge is 2.09. The monoisotopic (exact) mass is 263 g/mol. The Kier molecular flexibility index (Phi) is 7.82. The van der Waals surface area contributed by atoms with Crippen molar-refractivity contribution in [3.8, 4) is 0 Å². The summed E-state index contributed by atoms with van der Waals surface area (Å²) in [5.41, 5.74) is 1.06. The highest BCUT2D eigenvalue weighted by atomic mass is 16.1. The molecule has 0 radical (unpaired) electrons. The van der Waals surface area contributed by atoms with Crippen molar-refractivity contribution in [1.82, 2.24) is 15.6 Å². The maximum atomic E-state index is 11.6. The molecule has 1 aromatic heterocycles. The van der Waals surface area contributed by atoms with E-state index in [0.29, 0.717) is 12.6 Å². The zero-order valence-electron chi connectivity index (χ0n) is 12.0. The van der Waals surface area contributed by atoms with E-state index in [-0.39, 0.29) is 5.91 Å². The second kappa shape index (κ2) is 9.50. The van der Waals surface area contributed by atoms with E-state index in [9.17, 15) is 4.79 Å². The second-order valence-electron chi connectivity index (χ2n) is 4.71. The highest BCUT2D eigenvalue weighted by Crippen LogP contribution is 2.02. The van der Waals surface area contributed by atoms with Crippen molar-refractivity contribution in [3.05, 3.63) is 30.1 Å². The Bertz CT molecular complexity index is 354. The molecule has 1 heterocycles. The third-order valence-electron chi connectivity index (χ3n) is 3.08. The smallest absolute Gasteiger partial charge is 0.233 e. The Morgan fingerprint density at radius 2 is 2.21 bits per heavy atom. The lowest BCUT2D eigenvalue weighted by atomic mass is 10.1. The van der Waals surface area contributed by atoms with E-state index in [4.69, 9.17) is 0 Å². The molecule has 0 saturated carbocycles. The molecule has 106 valence electrons. The molecule has 1 amide bonds. The fourth-order valence-electron chi connectivity index (χ4n) is 1.84. The molecular weight excluding hydrogens is 238 g/mol. The number of unbranched alkanes of at least 4 members (excludes halogenated alkanes) is 1. The predicted octanol–water partition coefficient (Wildman–Crippen LogP) is 1.91. The Labute approximate surface area is 116 Å². The number of pyridine rings is 1.